The van der Waals surface area contributed by atoms with E-state index in [2.05, 4.69) is 34.3 Å². The maximum Gasteiger partial charge on any atom is 0.205 e. The highest BCUT2D eigenvalue weighted by Crippen LogP contribution is 2.31. The predicted octanol–water partition coefficient (Wildman–Crippen LogP) is 2.90. The molecule has 6 heteroatoms. The summed E-state index contributed by atoms with van der Waals surface area (Å²) >= 11 is 3.26. The Morgan fingerprint density at radius 1 is 1.31 bits per heavy atom. The lowest BCUT2D eigenvalue weighted by Gasteiger charge is -1.97. The highest BCUT2D eigenvalue weighted by molar-refractivity contribution is 7.23. The molecule has 0 unspecified atom stereocenters. The molecule has 0 saturated carbocycles. The van der Waals surface area contributed by atoms with Crippen LogP contribution in [0.1, 0.15) is 18.9 Å². The standard InChI is InChI=1S/C10H14N4S2/c1-6(2)4-8-12-5-7(15-8)9-13-14-10(11-3)16-9/h5-6H,4H2,1-3H3,(H,11,14). The van der Waals surface area contributed by atoms with E-state index in [4.69, 9.17) is 0 Å². The second kappa shape index (κ2) is 4.88. The van der Waals surface area contributed by atoms with Gasteiger partial charge in [0.1, 0.15) is 0 Å². The van der Waals surface area contributed by atoms with Gasteiger partial charge in [-0.25, -0.2) is 4.98 Å². The van der Waals surface area contributed by atoms with Gasteiger partial charge in [-0.2, -0.15) is 0 Å². The van der Waals surface area contributed by atoms with E-state index < -0.39 is 0 Å². The Morgan fingerprint density at radius 2 is 2.12 bits per heavy atom. The van der Waals surface area contributed by atoms with E-state index in [1.807, 2.05) is 13.2 Å². The zero-order chi connectivity index (χ0) is 11.5. The van der Waals surface area contributed by atoms with Crippen molar-refractivity contribution in [2.24, 2.45) is 5.92 Å². The Morgan fingerprint density at radius 3 is 2.75 bits per heavy atom. The van der Waals surface area contributed by atoms with Crippen molar-refractivity contribution in [1.29, 1.82) is 0 Å². The van der Waals surface area contributed by atoms with Gasteiger partial charge in [0, 0.05) is 19.7 Å². The molecule has 2 heterocycles. The monoisotopic (exact) mass is 254 g/mol. The molecule has 2 aromatic rings. The van der Waals surface area contributed by atoms with E-state index >= 15 is 0 Å². The van der Waals surface area contributed by atoms with Gasteiger partial charge in [-0.1, -0.05) is 25.2 Å². The van der Waals surface area contributed by atoms with Crippen LogP contribution < -0.4 is 5.32 Å². The van der Waals surface area contributed by atoms with Gasteiger partial charge in [0.15, 0.2) is 5.01 Å². The summed E-state index contributed by atoms with van der Waals surface area (Å²) in [7, 11) is 1.85. The van der Waals surface area contributed by atoms with Crippen LogP contribution in [0.15, 0.2) is 6.20 Å². The fourth-order valence-electron chi connectivity index (χ4n) is 1.28. The zero-order valence-corrected chi connectivity index (χ0v) is 11.2. The lowest BCUT2D eigenvalue weighted by atomic mass is 10.1. The van der Waals surface area contributed by atoms with Gasteiger partial charge in [0.25, 0.3) is 0 Å². The van der Waals surface area contributed by atoms with Crippen LogP contribution in [0.25, 0.3) is 9.88 Å². The number of anilines is 1. The summed E-state index contributed by atoms with van der Waals surface area (Å²) < 4.78 is 0. The summed E-state index contributed by atoms with van der Waals surface area (Å²) in [5.74, 6) is 0.640. The van der Waals surface area contributed by atoms with E-state index in [9.17, 15) is 0 Å². The fourth-order valence-corrected chi connectivity index (χ4v) is 3.14. The normalized spacial score (nSPS) is 11.0. The molecule has 0 bridgehead atoms. The lowest BCUT2D eigenvalue weighted by molar-refractivity contribution is 0.644. The molecule has 2 rings (SSSR count). The molecule has 86 valence electrons. The van der Waals surface area contributed by atoms with Gasteiger partial charge >= 0.3 is 0 Å². The van der Waals surface area contributed by atoms with Gasteiger partial charge < -0.3 is 5.32 Å². The van der Waals surface area contributed by atoms with Crippen molar-refractivity contribution in [3.63, 3.8) is 0 Å². The number of rotatable bonds is 4. The molecule has 16 heavy (non-hydrogen) atoms. The van der Waals surface area contributed by atoms with Crippen LogP contribution in [0, 0.1) is 5.92 Å². The van der Waals surface area contributed by atoms with E-state index in [0.29, 0.717) is 5.92 Å². The Kier molecular flexibility index (Phi) is 3.50. The summed E-state index contributed by atoms with van der Waals surface area (Å²) in [5.41, 5.74) is 0. The van der Waals surface area contributed by atoms with Crippen molar-refractivity contribution < 1.29 is 0 Å². The maximum absolute atomic E-state index is 4.40. The number of nitrogens with zero attached hydrogens (tertiary/aromatic N) is 3. The first-order valence-corrected chi connectivity index (χ1v) is 6.78. The maximum atomic E-state index is 4.40. The van der Waals surface area contributed by atoms with Crippen LogP contribution in [0.5, 0.6) is 0 Å². The summed E-state index contributed by atoms with van der Waals surface area (Å²) in [4.78, 5) is 5.51. The Bertz CT molecular complexity index is 461. The third kappa shape index (κ3) is 2.56. The summed E-state index contributed by atoms with van der Waals surface area (Å²) in [6.45, 7) is 4.40. The third-order valence-electron chi connectivity index (χ3n) is 1.99. The van der Waals surface area contributed by atoms with E-state index in [1.165, 1.54) is 5.01 Å². The molecule has 0 spiro atoms. The van der Waals surface area contributed by atoms with Gasteiger partial charge in [0.2, 0.25) is 5.13 Å². The molecular formula is C10H14N4S2. The Hall–Kier alpha value is -1.01. The van der Waals surface area contributed by atoms with Crippen molar-refractivity contribution in [3.05, 3.63) is 11.2 Å². The first-order chi connectivity index (χ1) is 7.69. The molecule has 0 aliphatic carbocycles. The smallest absolute Gasteiger partial charge is 0.205 e. The van der Waals surface area contributed by atoms with Gasteiger partial charge in [-0.3, -0.25) is 0 Å². The summed E-state index contributed by atoms with van der Waals surface area (Å²) in [6, 6.07) is 0. The van der Waals surface area contributed by atoms with Gasteiger partial charge in [-0.15, -0.1) is 21.5 Å². The summed E-state index contributed by atoms with van der Waals surface area (Å²) in [6.07, 6.45) is 2.92. The number of thiazole rings is 1. The van der Waals surface area contributed by atoms with E-state index in [-0.39, 0.29) is 0 Å². The third-order valence-corrected chi connectivity index (χ3v) is 4.12. The minimum atomic E-state index is 0.640. The average molecular weight is 254 g/mol. The van der Waals surface area contributed by atoms with E-state index in [1.54, 1.807) is 22.7 Å². The van der Waals surface area contributed by atoms with Crippen molar-refractivity contribution in [3.8, 4) is 9.88 Å². The van der Waals surface area contributed by atoms with Gasteiger partial charge in [0.05, 0.1) is 9.88 Å². The Balaban J connectivity index is 2.17. The highest BCUT2D eigenvalue weighted by Gasteiger charge is 2.10. The van der Waals surface area contributed by atoms with Crippen molar-refractivity contribution in [2.45, 2.75) is 20.3 Å². The largest absolute Gasteiger partial charge is 0.363 e. The molecular weight excluding hydrogens is 240 g/mol. The molecule has 0 atom stereocenters. The molecule has 0 aromatic carbocycles. The average Bonchev–Trinajstić information content (AvgIpc) is 2.83. The molecule has 0 saturated heterocycles. The molecule has 0 radical (unpaired) electrons. The molecule has 0 amide bonds. The second-order valence-electron chi connectivity index (χ2n) is 3.88. The van der Waals surface area contributed by atoms with Crippen LogP contribution in [0.2, 0.25) is 0 Å². The highest BCUT2D eigenvalue weighted by atomic mass is 32.1. The summed E-state index contributed by atoms with van der Waals surface area (Å²) in [5, 5.41) is 14.1. The first-order valence-electron chi connectivity index (χ1n) is 5.15. The molecule has 4 nitrogen and oxygen atoms in total. The van der Waals surface area contributed by atoms with Crippen LogP contribution in [-0.2, 0) is 6.42 Å². The van der Waals surface area contributed by atoms with Crippen LogP contribution in [-0.4, -0.2) is 22.2 Å². The molecule has 2 aromatic heterocycles. The number of hydrogen-bond donors (Lipinski definition) is 1. The zero-order valence-electron chi connectivity index (χ0n) is 9.52. The van der Waals surface area contributed by atoms with Crippen molar-refractivity contribution in [2.75, 3.05) is 12.4 Å². The SMILES string of the molecule is CNc1nnc(-c2cnc(CC(C)C)s2)s1. The van der Waals surface area contributed by atoms with Crippen LogP contribution in [0.3, 0.4) is 0 Å². The predicted molar refractivity (Wildman–Crippen MR) is 69.1 cm³/mol. The number of hydrogen-bond acceptors (Lipinski definition) is 6. The first kappa shape index (κ1) is 11.5. The van der Waals surface area contributed by atoms with Gasteiger partial charge in [-0.05, 0) is 5.92 Å². The molecule has 0 aliphatic rings. The van der Waals surface area contributed by atoms with Crippen molar-refractivity contribution >= 4 is 27.8 Å². The quantitative estimate of drug-likeness (QED) is 0.911. The Labute approximate surface area is 103 Å². The minimum Gasteiger partial charge on any atom is -0.363 e. The van der Waals surface area contributed by atoms with E-state index in [0.717, 1.165) is 21.4 Å². The van der Waals surface area contributed by atoms with Crippen LogP contribution >= 0.6 is 22.7 Å². The van der Waals surface area contributed by atoms with Crippen molar-refractivity contribution in [1.82, 2.24) is 15.2 Å². The number of nitrogens with one attached hydrogen (secondary N) is 1. The second-order valence-corrected chi connectivity index (χ2v) is 5.97. The molecule has 1 N–H and O–H groups in total. The topological polar surface area (TPSA) is 50.7 Å². The van der Waals surface area contributed by atoms with Crippen LogP contribution in [0.4, 0.5) is 5.13 Å². The molecule has 0 aliphatic heterocycles. The fraction of sp³-hybridized carbons (Fsp3) is 0.500. The lowest BCUT2D eigenvalue weighted by Crippen LogP contribution is -1.91. The number of aromatic nitrogens is 3. The molecule has 0 fully saturated rings. The minimum absolute atomic E-state index is 0.640.